The maximum atomic E-state index is 2.28. The van der Waals surface area contributed by atoms with Crippen molar-refractivity contribution in [2.75, 3.05) is 0 Å². The molecule has 7 aromatic rings. The molecule has 36 heavy (non-hydrogen) atoms. The normalized spacial score (nSPS) is 10.2. The van der Waals surface area contributed by atoms with E-state index in [2.05, 4.69) is 134 Å². The largest absolute Gasteiger partial charge is 4.00 e. The van der Waals surface area contributed by atoms with Crippen LogP contribution in [0.4, 0.5) is 0 Å². The molecule has 0 amide bonds. The third-order valence-electron chi connectivity index (χ3n) is 6.50. The van der Waals surface area contributed by atoms with Gasteiger partial charge in [-0.15, -0.1) is 74.3 Å². The summed E-state index contributed by atoms with van der Waals surface area (Å²) in [5.74, 6) is 0. The minimum Gasteiger partial charge on any atom is -1.00 e. The number of rotatable bonds is 1. The SMILES string of the molecule is Cc1cc2c(-c3cccc4ccccc34)cccc2[cH-]1.[Cl-].[Cl-].[Zr+4].c1ccc2c(c1)[cH-]c1ccccc12. The molecule has 0 aromatic heterocycles. The minimum atomic E-state index is 0. The summed E-state index contributed by atoms with van der Waals surface area (Å²) < 4.78 is 0. The van der Waals surface area contributed by atoms with E-state index < -0.39 is 0 Å². The van der Waals surface area contributed by atoms with Crippen LogP contribution < -0.4 is 24.8 Å². The molecule has 7 aromatic carbocycles. The quantitative estimate of drug-likeness (QED) is 0.261. The zero-order valence-electron chi connectivity index (χ0n) is 19.9. The summed E-state index contributed by atoms with van der Waals surface area (Å²) >= 11 is 0. The van der Waals surface area contributed by atoms with E-state index in [-0.39, 0.29) is 51.0 Å². The van der Waals surface area contributed by atoms with Gasteiger partial charge in [-0.1, -0.05) is 97.4 Å². The molecule has 0 bridgehead atoms. The number of aryl methyl sites for hydroxylation is 1. The molecule has 0 unspecified atom stereocenters. The second kappa shape index (κ2) is 12.0. The molecule has 0 saturated heterocycles. The number of benzene rings is 5. The summed E-state index contributed by atoms with van der Waals surface area (Å²) in [7, 11) is 0. The van der Waals surface area contributed by atoms with Crippen LogP contribution in [0.25, 0.3) is 54.2 Å². The van der Waals surface area contributed by atoms with Crippen molar-refractivity contribution >= 4 is 43.1 Å². The molecule has 0 fully saturated rings. The molecule has 0 aliphatic rings. The van der Waals surface area contributed by atoms with Gasteiger partial charge in [0, 0.05) is 0 Å². The molecule has 0 N–H and O–H groups in total. The van der Waals surface area contributed by atoms with Crippen molar-refractivity contribution in [2.24, 2.45) is 0 Å². The van der Waals surface area contributed by atoms with Crippen molar-refractivity contribution in [1.82, 2.24) is 0 Å². The average Bonchev–Trinajstić information content (AvgIpc) is 3.43. The van der Waals surface area contributed by atoms with Crippen molar-refractivity contribution in [3.8, 4) is 11.1 Å². The molecule has 0 nitrogen and oxygen atoms in total. The predicted octanol–water partition coefficient (Wildman–Crippen LogP) is 3.40. The van der Waals surface area contributed by atoms with Gasteiger partial charge in [-0.25, -0.2) is 0 Å². The van der Waals surface area contributed by atoms with Gasteiger partial charge in [0.05, 0.1) is 0 Å². The maximum absolute atomic E-state index is 2.28. The van der Waals surface area contributed by atoms with Crippen LogP contribution in [0.2, 0.25) is 0 Å². The Hall–Kier alpha value is -2.70. The van der Waals surface area contributed by atoms with Gasteiger partial charge in [0.15, 0.2) is 0 Å². The molecule has 0 spiro atoms. The van der Waals surface area contributed by atoms with E-state index in [4.69, 9.17) is 0 Å². The zero-order valence-corrected chi connectivity index (χ0v) is 23.9. The third-order valence-corrected chi connectivity index (χ3v) is 6.50. The van der Waals surface area contributed by atoms with Gasteiger partial charge in [0.25, 0.3) is 0 Å². The monoisotopic (exact) mass is 580 g/mol. The molecule has 7 rings (SSSR count). The Morgan fingerprint density at radius 3 is 1.56 bits per heavy atom. The summed E-state index contributed by atoms with van der Waals surface area (Å²) in [6.45, 7) is 2.16. The van der Waals surface area contributed by atoms with E-state index in [1.165, 1.54) is 59.8 Å². The molecular formula is C33H24Cl2Zr. The van der Waals surface area contributed by atoms with E-state index in [0.717, 1.165) is 0 Å². The third kappa shape index (κ3) is 5.21. The first-order valence-corrected chi connectivity index (χ1v) is 11.5. The van der Waals surface area contributed by atoms with Gasteiger partial charge in [0.1, 0.15) is 0 Å². The van der Waals surface area contributed by atoms with Gasteiger partial charge >= 0.3 is 26.2 Å². The first-order chi connectivity index (χ1) is 16.3. The zero-order chi connectivity index (χ0) is 22.2. The van der Waals surface area contributed by atoms with Crippen LogP contribution in [0.3, 0.4) is 0 Å². The topological polar surface area (TPSA) is 0 Å². The van der Waals surface area contributed by atoms with E-state index in [1.54, 1.807) is 0 Å². The van der Waals surface area contributed by atoms with E-state index in [0.29, 0.717) is 0 Å². The van der Waals surface area contributed by atoms with Gasteiger partial charge in [-0.3, -0.25) is 0 Å². The summed E-state index contributed by atoms with van der Waals surface area (Å²) in [6.07, 6.45) is 0. The fourth-order valence-corrected chi connectivity index (χ4v) is 4.98. The molecule has 0 saturated carbocycles. The molecule has 0 atom stereocenters. The number of hydrogen-bond acceptors (Lipinski definition) is 0. The minimum absolute atomic E-state index is 0. The van der Waals surface area contributed by atoms with Gasteiger partial charge in [-0.05, 0) is 16.3 Å². The molecule has 3 heteroatoms. The van der Waals surface area contributed by atoms with Crippen molar-refractivity contribution in [3.05, 3.63) is 133 Å². The summed E-state index contributed by atoms with van der Waals surface area (Å²) in [5, 5.41) is 10.7. The van der Waals surface area contributed by atoms with E-state index in [1.807, 2.05) is 0 Å². The molecule has 0 radical (unpaired) electrons. The van der Waals surface area contributed by atoms with Crippen LogP contribution in [-0.4, -0.2) is 0 Å². The smallest absolute Gasteiger partial charge is 1.00 e. The first kappa shape index (κ1) is 27.9. The predicted molar refractivity (Wildman–Crippen MR) is 144 cm³/mol. The van der Waals surface area contributed by atoms with E-state index in [9.17, 15) is 0 Å². The molecule has 174 valence electrons. The van der Waals surface area contributed by atoms with Gasteiger partial charge < -0.3 is 24.8 Å². The average molecular weight is 583 g/mol. The second-order valence-electron chi connectivity index (χ2n) is 8.69. The van der Waals surface area contributed by atoms with Crippen LogP contribution >= 0.6 is 0 Å². The Balaban J connectivity index is 0.000000199. The van der Waals surface area contributed by atoms with Crippen molar-refractivity contribution in [1.29, 1.82) is 0 Å². The van der Waals surface area contributed by atoms with Gasteiger partial charge in [-0.2, -0.15) is 6.07 Å². The van der Waals surface area contributed by atoms with Gasteiger partial charge in [0.2, 0.25) is 0 Å². The van der Waals surface area contributed by atoms with Crippen molar-refractivity contribution in [3.63, 3.8) is 0 Å². The summed E-state index contributed by atoms with van der Waals surface area (Å²) in [5.41, 5.74) is 3.97. The van der Waals surface area contributed by atoms with Crippen LogP contribution in [-0.2, 0) is 26.2 Å². The van der Waals surface area contributed by atoms with Crippen LogP contribution in [0.15, 0.2) is 127 Å². The summed E-state index contributed by atoms with van der Waals surface area (Å²) in [4.78, 5) is 0. The second-order valence-corrected chi connectivity index (χ2v) is 8.69. The Bertz CT molecular complexity index is 1680. The molecule has 0 aliphatic heterocycles. The summed E-state index contributed by atoms with van der Waals surface area (Å²) in [6, 6.07) is 45.5. The number of hydrogen-bond donors (Lipinski definition) is 0. The standard InChI is InChI=1S/C20H15.C13H9.2ClH.Zr/c1-14-12-16-8-5-11-19(20(16)13-14)18-10-4-7-15-6-2-3-9-17(15)18;1-3-7-12-10(5-1)9-11-6-2-4-8-13(11)12;;;/h2-13H,1H3;1-9H;2*1H;/q2*-1;;;+4/p-2. The molecular weight excluding hydrogens is 558 g/mol. The Morgan fingerprint density at radius 1 is 0.444 bits per heavy atom. The van der Waals surface area contributed by atoms with Crippen molar-refractivity contribution < 1.29 is 51.0 Å². The van der Waals surface area contributed by atoms with Crippen LogP contribution in [0, 0.1) is 6.92 Å². The maximum Gasteiger partial charge on any atom is 4.00 e. The molecule has 0 heterocycles. The Labute approximate surface area is 243 Å². The number of halogens is 2. The fourth-order valence-electron chi connectivity index (χ4n) is 4.98. The Morgan fingerprint density at radius 2 is 0.889 bits per heavy atom. The van der Waals surface area contributed by atoms with E-state index >= 15 is 0 Å². The van der Waals surface area contributed by atoms with Crippen LogP contribution in [0.1, 0.15) is 5.56 Å². The first-order valence-electron chi connectivity index (χ1n) is 11.5. The Kier molecular flexibility index (Phi) is 9.31. The van der Waals surface area contributed by atoms with Crippen molar-refractivity contribution in [2.45, 2.75) is 6.92 Å². The van der Waals surface area contributed by atoms with Crippen LogP contribution in [0.5, 0.6) is 0 Å². The number of fused-ring (bicyclic) bond motifs is 5. The fraction of sp³-hybridized carbons (Fsp3) is 0.0303. The molecule has 0 aliphatic carbocycles.